The van der Waals surface area contributed by atoms with Crippen LogP contribution in [-0.4, -0.2) is 33.1 Å². The Hall–Kier alpha value is -0.120. The fraction of sp³-hybridized carbons (Fsp3) is 1.00. The maximum absolute atomic E-state index is 5.24. The monoisotopic (exact) mass is 229 g/mol. The van der Waals surface area contributed by atoms with Gasteiger partial charge in [-0.3, -0.25) is 0 Å². The van der Waals surface area contributed by atoms with Gasteiger partial charge >= 0.3 is 0 Å². The molecule has 1 saturated carbocycles. The molecule has 1 atom stereocenters. The molecule has 16 heavy (non-hydrogen) atoms. The van der Waals surface area contributed by atoms with E-state index in [0.717, 1.165) is 12.5 Å². The molecule has 0 amide bonds. The lowest BCUT2D eigenvalue weighted by molar-refractivity contribution is -0.119. The zero-order chi connectivity index (χ0) is 11.8. The first-order valence-corrected chi connectivity index (χ1v) is 6.57. The lowest BCUT2D eigenvalue weighted by Crippen LogP contribution is -2.41. The van der Waals surface area contributed by atoms with Crippen molar-refractivity contribution in [2.24, 2.45) is 5.92 Å². The molecule has 1 rings (SSSR count). The van der Waals surface area contributed by atoms with Crippen LogP contribution in [0.5, 0.6) is 0 Å². The van der Waals surface area contributed by atoms with Crippen molar-refractivity contribution in [2.75, 3.05) is 20.8 Å². The Morgan fingerprint density at radius 3 is 2.12 bits per heavy atom. The van der Waals surface area contributed by atoms with Crippen molar-refractivity contribution in [3.05, 3.63) is 0 Å². The highest BCUT2D eigenvalue weighted by Gasteiger charge is 2.18. The molecular formula is C13H27NO2. The van der Waals surface area contributed by atoms with Gasteiger partial charge in [0.1, 0.15) is 0 Å². The van der Waals surface area contributed by atoms with Crippen molar-refractivity contribution in [3.8, 4) is 0 Å². The molecule has 0 heterocycles. The maximum atomic E-state index is 5.24. The summed E-state index contributed by atoms with van der Waals surface area (Å²) in [4.78, 5) is 0. The van der Waals surface area contributed by atoms with E-state index in [0.29, 0.717) is 0 Å². The molecular weight excluding hydrogens is 202 g/mol. The molecule has 0 aromatic heterocycles. The quantitative estimate of drug-likeness (QED) is 0.561. The lowest BCUT2D eigenvalue weighted by atomic mass is 10.0. The highest BCUT2D eigenvalue weighted by molar-refractivity contribution is 4.71. The van der Waals surface area contributed by atoms with Crippen LogP contribution >= 0.6 is 0 Å². The first-order chi connectivity index (χ1) is 7.77. The summed E-state index contributed by atoms with van der Waals surface area (Å²) in [7, 11) is 3.38. The molecule has 1 N–H and O–H groups in total. The van der Waals surface area contributed by atoms with E-state index < -0.39 is 0 Å². The second kappa shape index (κ2) is 8.04. The summed E-state index contributed by atoms with van der Waals surface area (Å²) in [6.45, 7) is 3.22. The summed E-state index contributed by atoms with van der Waals surface area (Å²) in [5, 5.41) is 3.53. The second-order valence-electron chi connectivity index (χ2n) is 4.89. The molecule has 1 fully saturated rings. The third kappa shape index (κ3) is 4.81. The average molecular weight is 229 g/mol. The Kier molecular flexibility index (Phi) is 7.01. The van der Waals surface area contributed by atoms with E-state index in [2.05, 4.69) is 12.2 Å². The predicted octanol–water partition coefficient (Wildman–Crippen LogP) is 2.55. The van der Waals surface area contributed by atoms with Gasteiger partial charge < -0.3 is 14.8 Å². The van der Waals surface area contributed by atoms with E-state index in [1.807, 2.05) is 0 Å². The fourth-order valence-electron chi connectivity index (χ4n) is 2.52. The first-order valence-electron chi connectivity index (χ1n) is 6.57. The van der Waals surface area contributed by atoms with Crippen molar-refractivity contribution >= 4 is 0 Å². The largest absolute Gasteiger partial charge is 0.354 e. The zero-order valence-electron chi connectivity index (χ0n) is 11.0. The van der Waals surface area contributed by atoms with Crippen LogP contribution < -0.4 is 5.32 Å². The minimum atomic E-state index is -0.134. The molecule has 1 aliphatic rings. The summed E-state index contributed by atoms with van der Waals surface area (Å²) in [5.41, 5.74) is 0. The molecule has 0 saturated heterocycles. The van der Waals surface area contributed by atoms with Crippen molar-refractivity contribution in [1.82, 2.24) is 5.32 Å². The van der Waals surface area contributed by atoms with Crippen LogP contribution in [0.15, 0.2) is 0 Å². The molecule has 1 unspecified atom stereocenters. The smallest absolute Gasteiger partial charge is 0.171 e. The van der Waals surface area contributed by atoms with Crippen LogP contribution in [0.1, 0.15) is 45.4 Å². The highest BCUT2D eigenvalue weighted by Crippen LogP contribution is 2.22. The molecule has 0 radical (unpaired) electrons. The maximum Gasteiger partial charge on any atom is 0.171 e. The summed E-state index contributed by atoms with van der Waals surface area (Å²) in [5.74, 6) is 0.847. The summed E-state index contributed by atoms with van der Waals surface area (Å²) < 4.78 is 10.5. The van der Waals surface area contributed by atoms with Crippen LogP contribution in [0.2, 0.25) is 0 Å². The molecule has 96 valence electrons. The third-order valence-electron chi connectivity index (χ3n) is 3.58. The van der Waals surface area contributed by atoms with Gasteiger partial charge in [0.25, 0.3) is 0 Å². The average Bonchev–Trinajstić information content (AvgIpc) is 2.56. The van der Waals surface area contributed by atoms with Crippen molar-refractivity contribution in [2.45, 2.75) is 57.8 Å². The van der Waals surface area contributed by atoms with Gasteiger partial charge in [0.2, 0.25) is 0 Å². The third-order valence-corrected chi connectivity index (χ3v) is 3.58. The van der Waals surface area contributed by atoms with Gasteiger partial charge in [-0.05, 0) is 32.2 Å². The molecule has 0 spiro atoms. The topological polar surface area (TPSA) is 30.5 Å². The molecule has 0 aromatic carbocycles. The molecule has 0 aliphatic heterocycles. The summed E-state index contributed by atoms with van der Waals surface area (Å²) >= 11 is 0. The summed E-state index contributed by atoms with van der Waals surface area (Å²) in [6.07, 6.45) is 8.27. The van der Waals surface area contributed by atoms with Gasteiger partial charge in [-0.2, -0.15) is 0 Å². The van der Waals surface area contributed by atoms with Crippen molar-refractivity contribution in [1.29, 1.82) is 0 Å². The SMILES string of the molecule is COC(OC)C(C)NCC1CCCCCC1. The molecule has 0 bridgehead atoms. The Morgan fingerprint density at radius 1 is 1.06 bits per heavy atom. The molecule has 3 heteroatoms. The highest BCUT2D eigenvalue weighted by atomic mass is 16.7. The standard InChI is InChI=1S/C13H27NO2/c1-11(13(15-2)16-3)14-10-12-8-6-4-5-7-9-12/h11-14H,4-10H2,1-3H3. The van der Waals surface area contributed by atoms with Crippen LogP contribution in [0, 0.1) is 5.92 Å². The van der Waals surface area contributed by atoms with Crippen LogP contribution in [0.4, 0.5) is 0 Å². The Bertz CT molecular complexity index is 161. The van der Waals surface area contributed by atoms with Gasteiger partial charge in [-0.1, -0.05) is 25.7 Å². The van der Waals surface area contributed by atoms with Gasteiger partial charge in [-0.15, -0.1) is 0 Å². The van der Waals surface area contributed by atoms with Crippen molar-refractivity contribution < 1.29 is 9.47 Å². The Balaban J connectivity index is 2.21. The van der Waals surface area contributed by atoms with Gasteiger partial charge in [0.05, 0.1) is 6.04 Å². The van der Waals surface area contributed by atoms with Gasteiger partial charge in [-0.25, -0.2) is 0 Å². The van der Waals surface area contributed by atoms with E-state index in [1.165, 1.54) is 38.5 Å². The number of rotatable bonds is 6. The number of nitrogens with one attached hydrogen (secondary N) is 1. The normalized spacial score (nSPS) is 21.0. The van der Waals surface area contributed by atoms with Crippen LogP contribution in [0.25, 0.3) is 0 Å². The second-order valence-corrected chi connectivity index (χ2v) is 4.89. The zero-order valence-corrected chi connectivity index (χ0v) is 11.0. The molecule has 3 nitrogen and oxygen atoms in total. The van der Waals surface area contributed by atoms with Crippen LogP contribution in [-0.2, 0) is 9.47 Å². The number of hydrogen-bond donors (Lipinski definition) is 1. The van der Waals surface area contributed by atoms with E-state index in [1.54, 1.807) is 14.2 Å². The number of ether oxygens (including phenoxy) is 2. The Labute approximate surface area is 99.9 Å². The van der Waals surface area contributed by atoms with E-state index in [9.17, 15) is 0 Å². The summed E-state index contributed by atoms with van der Waals surface area (Å²) in [6, 6.07) is 0.262. The Morgan fingerprint density at radius 2 is 1.62 bits per heavy atom. The van der Waals surface area contributed by atoms with E-state index in [-0.39, 0.29) is 12.3 Å². The fourth-order valence-corrected chi connectivity index (χ4v) is 2.52. The lowest BCUT2D eigenvalue weighted by Gasteiger charge is -2.24. The first kappa shape index (κ1) is 13.9. The molecule has 1 aliphatic carbocycles. The minimum Gasteiger partial charge on any atom is -0.354 e. The van der Waals surface area contributed by atoms with E-state index in [4.69, 9.17) is 9.47 Å². The van der Waals surface area contributed by atoms with E-state index >= 15 is 0 Å². The molecule has 0 aromatic rings. The van der Waals surface area contributed by atoms with Gasteiger partial charge in [0, 0.05) is 14.2 Å². The van der Waals surface area contributed by atoms with Crippen LogP contribution in [0.3, 0.4) is 0 Å². The minimum absolute atomic E-state index is 0.134. The number of hydrogen-bond acceptors (Lipinski definition) is 3. The number of methoxy groups -OCH3 is 2. The van der Waals surface area contributed by atoms with Crippen molar-refractivity contribution in [3.63, 3.8) is 0 Å². The predicted molar refractivity (Wildman–Crippen MR) is 66.5 cm³/mol. The van der Waals surface area contributed by atoms with Gasteiger partial charge in [0.15, 0.2) is 6.29 Å².